The fraction of sp³-hybridized carbons (Fsp3) is 0.632. The number of fused-ring (bicyclic) bond motifs is 1. The molecule has 5 heteroatoms. The van der Waals surface area contributed by atoms with Gasteiger partial charge in [-0.05, 0) is 37.5 Å². The van der Waals surface area contributed by atoms with Crippen molar-refractivity contribution in [2.75, 3.05) is 13.2 Å². The van der Waals surface area contributed by atoms with E-state index in [-0.39, 0.29) is 11.2 Å². The molecule has 4 nitrogen and oxygen atoms in total. The number of rotatable bonds is 4. The summed E-state index contributed by atoms with van der Waals surface area (Å²) in [5, 5.41) is 6.92. The van der Waals surface area contributed by atoms with E-state index in [1.54, 1.807) is 13.0 Å². The van der Waals surface area contributed by atoms with Gasteiger partial charge in [0, 0.05) is 30.5 Å². The minimum Gasteiger partial charge on any atom is -0.377 e. The molecule has 24 heavy (non-hydrogen) atoms. The average molecular weight is 333 g/mol. The minimum absolute atomic E-state index is 0.115. The first-order chi connectivity index (χ1) is 11.4. The van der Waals surface area contributed by atoms with Gasteiger partial charge in [0.25, 0.3) is 0 Å². The van der Waals surface area contributed by atoms with Crippen molar-refractivity contribution >= 4 is 5.96 Å². The van der Waals surface area contributed by atoms with E-state index in [4.69, 9.17) is 4.74 Å². The average Bonchev–Trinajstić information content (AvgIpc) is 3.00. The Kier molecular flexibility index (Phi) is 4.81. The van der Waals surface area contributed by atoms with E-state index in [1.165, 1.54) is 6.07 Å². The third-order valence-electron chi connectivity index (χ3n) is 5.38. The number of aryl methyl sites for hydroxylation is 1. The fourth-order valence-electron chi connectivity index (χ4n) is 4.06. The van der Waals surface area contributed by atoms with Gasteiger partial charge in [-0.2, -0.15) is 0 Å². The Morgan fingerprint density at radius 1 is 1.42 bits per heavy atom. The molecule has 1 aliphatic carbocycles. The van der Waals surface area contributed by atoms with E-state index in [2.05, 4.69) is 36.4 Å². The molecule has 2 aliphatic rings. The van der Waals surface area contributed by atoms with Crippen LogP contribution < -0.4 is 10.6 Å². The zero-order valence-corrected chi connectivity index (χ0v) is 15.0. The molecule has 1 saturated heterocycles. The number of benzene rings is 1. The van der Waals surface area contributed by atoms with Crippen LogP contribution in [0.4, 0.5) is 4.39 Å². The molecule has 132 valence electrons. The molecule has 2 fully saturated rings. The first-order valence-electron chi connectivity index (χ1n) is 8.85. The summed E-state index contributed by atoms with van der Waals surface area (Å²) < 4.78 is 19.2. The molecular weight excluding hydrogens is 305 g/mol. The number of aliphatic imine (C=N–C) groups is 1. The Balaban J connectivity index is 1.69. The highest BCUT2D eigenvalue weighted by Gasteiger charge is 2.59. The molecular formula is C19H28FN3O. The third-order valence-corrected chi connectivity index (χ3v) is 5.38. The van der Waals surface area contributed by atoms with Crippen LogP contribution in [0, 0.1) is 24.1 Å². The van der Waals surface area contributed by atoms with Crippen LogP contribution in [0.15, 0.2) is 23.2 Å². The maximum atomic E-state index is 13.4. The monoisotopic (exact) mass is 333 g/mol. The van der Waals surface area contributed by atoms with Crippen molar-refractivity contribution < 1.29 is 9.13 Å². The van der Waals surface area contributed by atoms with Gasteiger partial charge in [0.1, 0.15) is 5.82 Å². The zero-order valence-electron chi connectivity index (χ0n) is 15.0. The van der Waals surface area contributed by atoms with Crippen LogP contribution in [0.5, 0.6) is 0 Å². The molecule has 1 saturated carbocycles. The maximum Gasteiger partial charge on any atom is 0.191 e. The second-order valence-electron chi connectivity index (χ2n) is 7.47. The first-order valence-corrected chi connectivity index (χ1v) is 8.85. The summed E-state index contributed by atoms with van der Waals surface area (Å²) in [6.07, 6.45) is 1.47. The summed E-state index contributed by atoms with van der Waals surface area (Å²) in [7, 11) is 0. The number of nitrogens with one attached hydrogen (secondary N) is 2. The van der Waals surface area contributed by atoms with Crippen LogP contribution >= 0.6 is 0 Å². The summed E-state index contributed by atoms with van der Waals surface area (Å²) in [6, 6.07) is 5.54. The molecule has 3 rings (SSSR count). The lowest BCUT2D eigenvalue weighted by Gasteiger charge is -2.54. The van der Waals surface area contributed by atoms with E-state index in [0.717, 1.165) is 31.1 Å². The normalized spacial score (nSPS) is 28.2. The van der Waals surface area contributed by atoms with Crippen molar-refractivity contribution in [3.05, 3.63) is 35.1 Å². The molecule has 3 atom stereocenters. The summed E-state index contributed by atoms with van der Waals surface area (Å²) in [6.45, 7) is 10.6. The van der Waals surface area contributed by atoms with Crippen LogP contribution in [-0.2, 0) is 11.3 Å². The largest absolute Gasteiger partial charge is 0.377 e. The van der Waals surface area contributed by atoms with Crippen molar-refractivity contribution in [3.63, 3.8) is 0 Å². The molecule has 1 aromatic carbocycles. The lowest BCUT2D eigenvalue weighted by molar-refractivity contribution is -0.106. The summed E-state index contributed by atoms with van der Waals surface area (Å²) in [5.74, 6) is 1.22. The van der Waals surface area contributed by atoms with Gasteiger partial charge in [-0.3, -0.25) is 0 Å². The highest BCUT2D eigenvalue weighted by molar-refractivity contribution is 5.80. The molecule has 0 aromatic heterocycles. The Morgan fingerprint density at radius 2 is 2.21 bits per heavy atom. The molecule has 0 amide bonds. The number of hydrogen-bond acceptors (Lipinski definition) is 2. The summed E-state index contributed by atoms with van der Waals surface area (Å²) >= 11 is 0. The third kappa shape index (κ3) is 3.14. The lowest BCUT2D eigenvalue weighted by Crippen LogP contribution is -2.67. The zero-order chi connectivity index (χ0) is 17.3. The van der Waals surface area contributed by atoms with Crippen LogP contribution in [0.2, 0.25) is 0 Å². The SMILES string of the molecule is CCNC(=NCc1ccc(F)c(C)c1)NC1C2CCOC2C1(C)C. The summed E-state index contributed by atoms with van der Waals surface area (Å²) in [5.41, 5.74) is 1.79. The minimum atomic E-state index is -0.170. The topological polar surface area (TPSA) is 45.7 Å². The highest BCUT2D eigenvalue weighted by atomic mass is 19.1. The molecule has 1 aliphatic heterocycles. The van der Waals surface area contributed by atoms with Crippen molar-refractivity contribution in [1.82, 2.24) is 10.6 Å². The number of halogens is 1. The summed E-state index contributed by atoms with van der Waals surface area (Å²) in [4.78, 5) is 4.69. The fourth-order valence-corrected chi connectivity index (χ4v) is 4.06. The lowest BCUT2D eigenvalue weighted by atomic mass is 9.57. The maximum absolute atomic E-state index is 13.4. The van der Waals surface area contributed by atoms with Crippen molar-refractivity contribution in [2.24, 2.45) is 16.3 Å². The molecule has 1 heterocycles. The quantitative estimate of drug-likeness (QED) is 0.658. The first kappa shape index (κ1) is 17.2. The molecule has 0 radical (unpaired) electrons. The van der Waals surface area contributed by atoms with Gasteiger partial charge in [-0.1, -0.05) is 26.0 Å². The van der Waals surface area contributed by atoms with E-state index in [9.17, 15) is 4.39 Å². The van der Waals surface area contributed by atoms with Crippen LogP contribution in [0.3, 0.4) is 0 Å². The van der Waals surface area contributed by atoms with Crippen molar-refractivity contribution in [2.45, 2.75) is 52.8 Å². The molecule has 3 unspecified atom stereocenters. The number of ether oxygens (including phenoxy) is 1. The second-order valence-corrected chi connectivity index (χ2v) is 7.47. The van der Waals surface area contributed by atoms with Gasteiger partial charge in [0.05, 0.1) is 12.6 Å². The standard InChI is InChI=1S/C19H28FN3O/c1-5-21-18(22-11-13-6-7-15(20)12(2)10-13)23-16-14-8-9-24-17(14)19(16,3)4/h6-7,10,14,16-17H,5,8-9,11H2,1-4H3,(H2,21,22,23). The van der Waals surface area contributed by atoms with Crippen LogP contribution in [0.1, 0.15) is 38.3 Å². The van der Waals surface area contributed by atoms with E-state index >= 15 is 0 Å². The predicted octanol–water partition coefficient (Wildman–Crippen LogP) is 3.00. The molecule has 0 bridgehead atoms. The molecule has 1 aromatic rings. The van der Waals surface area contributed by atoms with E-state index in [1.807, 2.05) is 6.07 Å². The van der Waals surface area contributed by atoms with Crippen LogP contribution in [-0.4, -0.2) is 31.3 Å². The number of hydrogen-bond donors (Lipinski definition) is 2. The van der Waals surface area contributed by atoms with Gasteiger partial charge >= 0.3 is 0 Å². The van der Waals surface area contributed by atoms with Gasteiger partial charge in [-0.15, -0.1) is 0 Å². The number of guanidine groups is 1. The smallest absolute Gasteiger partial charge is 0.191 e. The Labute approximate surface area is 143 Å². The van der Waals surface area contributed by atoms with Crippen molar-refractivity contribution in [3.8, 4) is 0 Å². The van der Waals surface area contributed by atoms with Gasteiger partial charge in [0.15, 0.2) is 5.96 Å². The Morgan fingerprint density at radius 3 is 2.92 bits per heavy atom. The van der Waals surface area contributed by atoms with Gasteiger partial charge < -0.3 is 15.4 Å². The number of nitrogens with zero attached hydrogens (tertiary/aromatic N) is 1. The molecule has 2 N–H and O–H groups in total. The Hall–Kier alpha value is -1.62. The van der Waals surface area contributed by atoms with E-state index in [0.29, 0.717) is 30.2 Å². The van der Waals surface area contributed by atoms with Crippen molar-refractivity contribution in [1.29, 1.82) is 0 Å². The highest BCUT2D eigenvalue weighted by Crippen LogP contribution is 2.52. The van der Waals surface area contributed by atoms with Gasteiger partial charge in [-0.25, -0.2) is 9.38 Å². The second kappa shape index (κ2) is 6.71. The predicted molar refractivity (Wildman–Crippen MR) is 94.5 cm³/mol. The Bertz CT molecular complexity index is 629. The van der Waals surface area contributed by atoms with Crippen LogP contribution in [0.25, 0.3) is 0 Å². The van der Waals surface area contributed by atoms with E-state index < -0.39 is 0 Å². The molecule has 0 spiro atoms. The van der Waals surface area contributed by atoms with Gasteiger partial charge in [0.2, 0.25) is 0 Å².